The number of aryl methyl sites for hydroxylation is 1. The van der Waals surface area contributed by atoms with Crippen molar-refractivity contribution in [2.45, 2.75) is 20.4 Å². The number of rotatable bonds is 4. The first-order chi connectivity index (χ1) is 7.97. The SMILES string of the molecule is Cc1cnc(CN(C)CC#N)c(C)c1[N+](=O)[O-]. The summed E-state index contributed by atoms with van der Waals surface area (Å²) in [6.45, 7) is 4.05. The molecule has 0 amide bonds. The van der Waals surface area contributed by atoms with Gasteiger partial charge >= 0.3 is 0 Å². The highest BCUT2D eigenvalue weighted by Crippen LogP contribution is 2.24. The zero-order chi connectivity index (χ0) is 13.0. The molecule has 1 rings (SSSR count). The molecule has 0 aliphatic rings. The Labute approximate surface area is 99.6 Å². The first kappa shape index (κ1) is 13.1. The van der Waals surface area contributed by atoms with Crippen molar-refractivity contribution >= 4 is 5.69 Å². The third-order valence-corrected chi connectivity index (χ3v) is 2.52. The van der Waals surface area contributed by atoms with Gasteiger partial charge in [0.2, 0.25) is 0 Å². The van der Waals surface area contributed by atoms with Crippen LogP contribution >= 0.6 is 0 Å². The maximum absolute atomic E-state index is 10.9. The van der Waals surface area contributed by atoms with Crippen molar-refractivity contribution in [2.24, 2.45) is 0 Å². The van der Waals surface area contributed by atoms with Crippen LogP contribution in [0.1, 0.15) is 16.8 Å². The van der Waals surface area contributed by atoms with Crippen molar-refractivity contribution in [3.63, 3.8) is 0 Å². The Balaban J connectivity index is 3.07. The fourth-order valence-electron chi connectivity index (χ4n) is 1.64. The van der Waals surface area contributed by atoms with Crippen molar-refractivity contribution in [1.29, 1.82) is 5.26 Å². The number of hydrogen-bond donors (Lipinski definition) is 0. The number of pyridine rings is 1. The number of nitriles is 1. The molecule has 0 atom stereocenters. The van der Waals surface area contributed by atoms with E-state index in [1.54, 1.807) is 25.8 Å². The summed E-state index contributed by atoms with van der Waals surface area (Å²) in [6.07, 6.45) is 1.50. The normalized spacial score (nSPS) is 10.3. The van der Waals surface area contributed by atoms with Gasteiger partial charge in [-0.2, -0.15) is 5.26 Å². The molecule has 17 heavy (non-hydrogen) atoms. The predicted molar refractivity (Wildman–Crippen MR) is 62.3 cm³/mol. The Morgan fingerprint density at radius 2 is 2.24 bits per heavy atom. The topological polar surface area (TPSA) is 83.1 Å². The van der Waals surface area contributed by atoms with Crippen LogP contribution in [0.25, 0.3) is 0 Å². The van der Waals surface area contributed by atoms with Crippen LogP contribution in [0.2, 0.25) is 0 Å². The van der Waals surface area contributed by atoms with Gasteiger partial charge in [-0.15, -0.1) is 0 Å². The summed E-state index contributed by atoms with van der Waals surface area (Å²) in [4.78, 5) is 16.5. The van der Waals surface area contributed by atoms with Crippen molar-refractivity contribution in [1.82, 2.24) is 9.88 Å². The minimum Gasteiger partial charge on any atom is -0.288 e. The highest BCUT2D eigenvalue weighted by Gasteiger charge is 2.19. The lowest BCUT2D eigenvalue weighted by Crippen LogP contribution is -2.19. The standard InChI is InChI=1S/C11H14N4O2/c1-8-6-13-10(7-14(3)5-4-12)9(2)11(8)15(16)17/h6H,5,7H2,1-3H3. The quantitative estimate of drug-likeness (QED) is 0.448. The van der Waals surface area contributed by atoms with Gasteiger partial charge < -0.3 is 0 Å². The minimum absolute atomic E-state index is 0.111. The zero-order valence-corrected chi connectivity index (χ0v) is 10.1. The maximum Gasteiger partial charge on any atom is 0.278 e. The maximum atomic E-state index is 10.9. The second-order valence-corrected chi connectivity index (χ2v) is 3.95. The Morgan fingerprint density at radius 3 is 2.76 bits per heavy atom. The smallest absolute Gasteiger partial charge is 0.278 e. The van der Waals surface area contributed by atoms with Crippen LogP contribution in [0.15, 0.2) is 6.20 Å². The Hall–Kier alpha value is -2.00. The lowest BCUT2D eigenvalue weighted by molar-refractivity contribution is -0.386. The van der Waals surface area contributed by atoms with Gasteiger partial charge in [0.25, 0.3) is 5.69 Å². The van der Waals surface area contributed by atoms with Gasteiger partial charge in [0.05, 0.1) is 23.2 Å². The minimum atomic E-state index is -0.389. The molecule has 6 heteroatoms. The van der Waals surface area contributed by atoms with E-state index in [2.05, 4.69) is 4.98 Å². The molecule has 0 aliphatic carbocycles. The zero-order valence-electron chi connectivity index (χ0n) is 10.1. The average Bonchev–Trinajstić information content (AvgIpc) is 2.22. The van der Waals surface area contributed by atoms with E-state index in [-0.39, 0.29) is 17.2 Å². The fraction of sp³-hybridized carbons (Fsp3) is 0.455. The highest BCUT2D eigenvalue weighted by molar-refractivity contribution is 5.47. The summed E-state index contributed by atoms with van der Waals surface area (Å²) in [6, 6.07) is 2.02. The lowest BCUT2D eigenvalue weighted by atomic mass is 10.1. The van der Waals surface area contributed by atoms with Crippen LogP contribution in [0.3, 0.4) is 0 Å². The molecule has 0 spiro atoms. The molecule has 1 heterocycles. The molecule has 0 bridgehead atoms. The summed E-state index contributed by atoms with van der Waals surface area (Å²) in [5.41, 5.74) is 1.87. The van der Waals surface area contributed by atoms with Crippen molar-refractivity contribution < 1.29 is 4.92 Å². The predicted octanol–water partition coefficient (Wildman–Crippen LogP) is 1.56. The van der Waals surface area contributed by atoms with Crippen LogP contribution < -0.4 is 0 Å². The van der Waals surface area contributed by atoms with Crippen molar-refractivity contribution in [2.75, 3.05) is 13.6 Å². The van der Waals surface area contributed by atoms with Gasteiger partial charge in [-0.05, 0) is 20.9 Å². The van der Waals surface area contributed by atoms with Crippen LogP contribution in [-0.2, 0) is 6.54 Å². The van der Waals surface area contributed by atoms with Gasteiger partial charge in [-0.25, -0.2) is 0 Å². The van der Waals surface area contributed by atoms with Crippen molar-refractivity contribution in [3.05, 3.63) is 33.1 Å². The molecule has 0 radical (unpaired) electrons. The van der Waals surface area contributed by atoms with E-state index >= 15 is 0 Å². The molecule has 0 saturated heterocycles. The largest absolute Gasteiger partial charge is 0.288 e. The molecule has 0 aliphatic heterocycles. The van der Waals surface area contributed by atoms with E-state index in [1.165, 1.54) is 6.20 Å². The number of aromatic nitrogens is 1. The first-order valence-electron chi connectivity index (χ1n) is 5.12. The molecular weight excluding hydrogens is 220 g/mol. The fourth-order valence-corrected chi connectivity index (χ4v) is 1.64. The van der Waals surface area contributed by atoms with Crippen LogP contribution in [-0.4, -0.2) is 28.4 Å². The van der Waals surface area contributed by atoms with E-state index in [0.29, 0.717) is 23.4 Å². The first-order valence-corrected chi connectivity index (χ1v) is 5.12. The summed E-state index contributed by atoms with van der Waals surface area (Å²) in [5, 5.41) is 19.5. The Bertz CT molecular complexity index is 479. The Morgan fingerprint density at radius 1 is 1.59 bits per heavy atom. The monoisotopic (exact) mass is 234 g/mol. The molecule has 0 unspecified atom stereocenters. The summed E-state index contributed by atoms with van der Waals surface area (Å²) >= 11 is 0. The van der Waals surface area contributed by atoms with Crippen LogP contribution in [0.5, 0.6) is 0 Å². The van der Waals surface area contributed by atoms with E-state index < -0.39 is 0 Å². The van der Waals surface area contributed by atoms with Gasteiger partial charge in [0, 0.05) is 23.9 Å². The molecule has 0 aromatic carbocycles. The third-order valence-electron chi connectivity index (χ3n) is 2.52. The van der Waals surface area contributed by atoms with Crippen LogP contribution in [0.4, 0.5) is 5.69 Å². The highest BCUT2D eigenvalue weighted by atomic mass is 16.6. The van der Waals surface area contributed by atoms with Gasteiger partial charge in [0.1, 0.15) is 0 Å². The van der Waals surface area contributed by atoms with Crippen molar-refractivity contribution in [3.8, 4) is 6.07 Å². The third kappa shape index (κ3) is 2.98. The number of nitrogens with zero attached hydrogens (tertiary/aromatic N) is 4. The lowest BCUT2D eigenvalue weighted by Gasteiger charge is -2.14. The van der Waals surface area contributed by atoms with E-state index in [9.17, 15) is 10.1 Å². The summed E-state index contributed by atoms with van der Waals surface area (Å²) in [5.74, 6) is 0. The molecule has 6 nitrogen and oxygen atoms in total. The van der Waals surface area contributed by atoms with Crippen LogP contribution in [0, 0.1) is 35.3 Å². The average molecular weight is 234 g/mol. The van der Waals surface area contributed by atoms with Gasteiger partial charge in [-0.1, -0.05) is 0 Å². The second kappa shape index (κ2) is 5.37. The van der Waals surface area contributed by atoms with E-state index in [1.807, 2.05) is 6.07 Å². The summed E-state index contributed by atoms with van der Waals surface area (Å²) < 4.78 is 0. The summed E-state index contributed by atoms with van der Waals surface area (Å²) in [7, 11) is 1.77. The molecule has 1 aromatic rings. The second-order valence-electron chi connectivity index (χ2n) is 3.95. The molecule has 1 aromatic heterocycles. The van der Waals surface area contributed by atoms with E-state index in [0.717, 1.165) is 0 Å². The number of nitro groups is 1. The molecule has 0 fully saturated rings. The van der Waals surface area contributed by atoms with E-state index in [4.69, 9.17) is 5.26 Å². The molecule has 0 N–H and O–H groups in total. The molecular formula is C11H14N4O2. The Kier molecular flexibility index (Phi) is 4.12. The number of hydrogen-bond acceptors (Lipinski definition) is 5. The van der Waals surface area contributed by atoms with Gasteiger partial charge in [-0.3, -0.25) is 20.0 Å². The molecule has 90 valence electrons. The van der Waals surface area contributed by atoms with Gasteiger partial charge in [0.15, 0.2) is 0 Å². The molecule has 0 saturated carbocycles.